The Labute approximate surface area is 165 Å². The number of pyridine rings is 1. The molecule has 7 nitrogen and oxygen atoms in total. The van der Waals surface area contributed by atoms with Crippen LogP contribution in [0.15, 0.2) is 41.8 Å². The number of hydrogen-bond acceptors (Lipinski definition) is 7. The van der Waals surface area contributed by atoms with Gasteiger partial charge in [-0.2, -0.15) is 0 Å². The molecular weight excluding hydrogens is 372 g/mol. The molecule has 4 aromatic rings. The maximum Gasteiger partial charge on any atom is 0.275 e. The molecule has 0 radical (unpaired) electrons. The fourth-order valence-electron chi connectivity index (χ4n) is 2.87. The highest BCUT2D eigenvalue weighted by Crippen LogP contribution is 2.24. The summed E-state index contributed by atoms with van der Waals surface area (Å²) in [6.45, 7) is 5.75. The summed E-state index contributed by atoms with van der Waals surface area (Å²) in [7, 11) is 0. The van der Waals surface area contributed by atoms with Gasteiger partial charge in [-0.15, -0.1) is 11.3 Å². The highest BCUT2D eigenvalue weighted by molar-refractivity contribution is 7.14. The van der Waals surface area contributed by atoms with E-state index in [0.717, 1.165) is 28.0 Å². The number of anilines is 3. The Balaban J connectivity index is 1.54. The molecule has 1 aromatic carbocycles. The molecule has 2 N–H and O–H groups in total. The first kappa shape index (κ1) is 18.0. The smallest absolute Gasteiger partial charge is 0.275 e. The van der Waals surface area contributed by atoms with Gasteiger partial charge in [0.1, 0.15) is 5.69 Å². The van der Waals surface area contributed by atoms with E-state index in [-0.39, 0.29) is 5.91 Å². The third-order valence-electron chi connectivity index (χ3n) is 4.06. The van der Waals surface area contributed by atoms with E-state index in [4.69, 9.17) is 0 Å². The van der Waals surface area contributed by atoms with Crippen LogP contribution in [0.2, 0.25) is 0 Å². The minimum atomic E-state index is -0.279. The van der Waals surface area contributed by atoms with E-state index in [0.29, 0.717) is 22.5 Å². The summed E-state index contributed by atoms with van der Waals surface area (Å²) in [4.78, 5) is 30.2. The van der Waals surface area contributed by atoms with E-state index in [1.54, 1.807) is 5.38 Å². The monoisotopic (exact) mass is 390 g/mol. The normalized spacial score (nSPS) is 10.8. The van der Waals surface area contributed by atoms with Crippen LogP contribution < -0.4 is 10.6 Å². The Morgan fingerprint density at radius 1 is 0.929 bits per heavy atom. The number of carbonyl (C=O) groups excluding carboxylic acids is 1. The molecule has 0 aliphatic carbocycles. The van der Waals surface area contributed by atoms with E-state index < -0.39 is 0 Å². The van der Waals surface area contributed by atoms with E-state index >= 15 is 0 Å². The van der Waals surface area contributed by atoms with Crippen LogP contribution in [0.3, 0.4) is 0 Å². The number of rotatable bonds is 4. The average molecular weight is 390 g/mol. The highest BCUT2D eigenvalue weighted by Gasteiger charge is 2.13. The Hall–Kier alpha value is -3.39. The molecule has 0 atom stereocenters. The summed E-state index contributed by atoms with van der Waals surface area (Å²) >= 11 is 1.33. The van der Waals surface area contributed by atoms with E-state index in [1.165, 1.54) is 11.3 Å². The molecule has 4 rings (SSSR count). The average Bonchev–Trinajstić information content (AvgIpc) is 3.09. The standard InChI is InChI=1S/C20H18N6OS/c1-11-7-8-14-15(21-11)5-4-6-16(14)24-18(27)17-10-28-20(25-17)26-19-22-12(2)9-13(3)23-19/h4-10H,1-3H3,(H,24,27)(H,22,23,25,26). The molecule has 140 valence electrons. The molecule has 3 heterocycles. The number of nitrogens with zero attached hydrogens (tertiary/aromatic N) is 4. The van der Waals surface area contributed by atoms with Crippen LogP contribution in [0.1, 0.15) is 27.6 Å². The van der Waals surface area contributed by atoms with Gasteiger partial charge in [0, 0.05) is 27.8 Å². The van der Waals surface area contributed by atoms with Crippen molar-refractivity contribution in [2.24, 2.45) is 0 Å². The second-order valence-electron chi connectivity index (χ2n) is 6.42. The van der Waals surface area contributed by atoms with Crippen LogP contribution in [0.25, 0.3) is 10.9 Å². The van der Waals surface area contributed by atoms with Crippen molar-refractivity contribution in [2.45, 2.75) is 20.8 Å². The Morgan fingerprint density at radius 3 is 2.50 bits per heavy atom. The lowest BCUT2D eigenvalue weighted by Crippen LogP contribution is -2.12. The molecule has 0 spiro atoms. The number of aryl methyl sites for hydroxylation is 3. The number of fused-ring (bicyclic) bond motifs is 1. The lowest BCUT2D eigenvalue weighted by Gasteiger charge is -2.07. The Bertz CT molecular complexity index is 1170. The van der Waals surface area contributed by atoms with Crippen LogP contribution in [0, 0.1) is 20.8 Å². The maximum absolute atomic E-state index is 12.7. The molecule has 0 fully saturated rings. The van der Waals surface area contributed by atoms with Crippen LogP contribution in [0.4, 0.5) is 16.8 Å². The molecule has 28 heavy (non-hydrogen) atoms. The van der Waals surface area contributed by atoms with Crippen molar-refractivity contribution in [1.82, 2.24) is 19.9 Å². The molecule has 3 aromatic heterocycles. The number of nitrogens with one attached hydrogen (secondary N) is 2. The van der Waals surface area contributed by atoms with Crippen molar-refractivity contribution < 1.29 is 4.79 Å². The van der Waals surface area contributed by atoms with Crippen LogP contribution in [-0.4, -0.2) is 25.8 Å². The molecule has 0 saturated carbocycles. The quantitative estimate of drug-likeness (QED) is 0.536. The lowest BCUT2D eigenvalue weighted by molar-refractivity contribution is 0.102. The van der Waals surface area contributed by atoms with Crippen molar-refractivity contribution in [1.29, 1.82) is 0 Å². The van der Waals surface area contributed by atoms with Gasteiger partial charge in [0.2, 0.25) is 5.95 Å². The number of hydrogen-bond donors (Lipinski definition) is 2. The molecule has 1 amide bonds. The summed E-state index contributed by atoms with van der Waals surface area (Å²) in [5.74, 6) is 0.188. The van der Waals surface area contributed by atoms with Gasteiger partial charge in [0.25, 0.3) is 5.91 Å². The van der Waals surface area contributed by atoms with E-state index in [1.807, 2.05) is 57.2 Å². The van der Waals surface area contributed by atoms with Crippen molar-refractivity contribution in [2.75, 3.05) is 10.6 Å². The molecule has 8 heteroatoms. The maximum atomic E-state index is 12.7. The molecule has 0 aliphatic heterocycles. The molecule has 0 aliphatic rings. The summed E-state index contributed by atoms with van der Waals surface area (Å²) in [6, 6.07) is 11.4. The van der Waals surface area contributed by atoms with Crippen LogP contribution >= 0.6 is 11.3 Å². The van der Waals surface area contributed by atoms with Gasteiger partial charge in [0.05, 0.1) is 11.2 Å². The zero-order chi connectivity index (χ0) is 19.7. The van der Waals surface area contributed by atoms with Crippen LogP contribution in [0.5, 0.6) is 0 Å². The van der Waals surface area contributed by atoms with Crippen molar-refractivity contribution in [3.05, 3.63) is 64.6 Å². The summed E-state index contributed by atoms with van der Waals surface area (Å²) in [6.07, 6.45) is 0. The van der Waals surface area contributed by atoms with Gasteiger partial charge < -0.3 is 10.6 Å². The number of carbonyl (C=O) groups is 1. The zero-order valence-corrected chi connectivity index (χ0v) is 16.5. The van der Waals surface area contributed by atoms with Gasteiger partial charge in [0.15, 0.2) is 5.13 Å². The third kappa shape index (κ3) is 3.81. The second-order valence-corrected chi connectivity index (χ2v) is 7.27. The van der Waals surface area contributed by atoms with Gasteiger partial charge in [-0.05, 0) is 51.1 Å². The zero-order valence-electron chi connectivity index (χ0n) is 15.6. The largest absolute Gasteiger partial charge is 0.320 e. The topological polar surface area (TPSA) is 92.7 Å². The second kappa shape index (κ2) is 7.32. The molecular formula is C20H18N6OS. The fourth-order valence-corrected chi connectivity index (χ4v) is 3.55. The predicted octanol–water partition coefficient (Wildman–Crippen LogP) is 4.40. The Kier molecular flexibility index (Phi) is 4.70. The number of amides is 1. The predicted molar refractivity (Wildman–Crippen MR) is 111 cm³/mol. The first-order valence-electron chi connectivity index (χ1n) is 8.70. The first-order valence-corrected chi connectivity index (χ1v) is 9.58. The van der Waals surface area contributed by atoms with E-state index in [9.17, 15) is 4.79 Å². The van der Waals surface area contributed by atoms with Crippen molar-refractivity contribution in [3.63, 3.8) is 0 Å². The molecule has 0 bridgehead atoms. The van der Waals surface area contributed by atoms with Gasteiger partial charge >= 0.3 is 0 Å². The third-order valence-corrected chi connectivity index (χ3v) is 4.81. The highest BCUT2D eigenvalue weighted by atomic mass is 32.1. The molecule has 0 unspecified atom stereocenters. The number of benzene rings is 1. The minimum Gasteiger partial charge on any atom is -0.320 e. The molecule has 0 saturated heterocycles. The van der Waals surface area contributed by atoms with Gasteiger partial charge in [-0.25, -0.2) is 15.0 Å². The summed E-state index contributed by atoms with van der Waals surface area (Å²) < 4.78 is 0. The minimum absolute atomic E-state index is 0.279. The number of aromatic nitrogens is 4. The van der Waals surface area contributed by atoms with Gasteiger partial charge in [-0.3, -0.25) is 9.78 Å². The van der Waals surface area contributed by atoms with Crippen LogP contribution in [-0.2, 0) is 0 Å². The summed E-state index contributed by atoms with van der Waals surface area (Å²) in [5, 5.41) is 9.13. The SMILES string of the molecule is Cc1cc(C)nc(Nc2nc(C(=O)Nc3cccc4nc(C)ccc34)cs2)n1. The lowest BCUT2D eigenvalue weighted by atomic mass is 10.1. The Morgan fingerprint density at radius 2 is 1.71 bits per heavy atom. The van der Waals surface area contributed by atoms with Crippen molar-refractivity contribution >= 4 is 44.9 Å². The first-order chi connectivity index (χ1) is 13.5. The fraction of sp³-hybridized carbons (Fsp3) is 0.150. The van der Waals surface area contributed by atoms with Crippen molar-refractivity contribution in [3.8, 4) is 0 Å². The van der Waals surface area contributed by atoms with Gasteiger partial charge in [-0.1, -0.05) is 6.07 Å². The summed E-state index contributed by atoms with van der Waals surface area (Å²) in [5.41, 5.74) is 4.53. The van der Waals surface area contributed by atoms with E-state index in [2.05, 4.69) is 30.6 Å². The number of thiazole rings is 1.